The highest BCUT2D eigenvalue weighted by Crippen LogP contribution is 2.20. The molecule has 1 aliphatic rings. The van der Waals surface area contributed by atoms with Gasteiger partial charge >= 0.3 is 0 Å². The Kier molecular flexibility index (Phi) is 2.90. The number of hydrogen-bond donors (Lipinski definition) is 1. The van der Waals surface area contributed by atoms with E-state index in [0.717, 1.165) is 18.8 Å². The standard InChI is InChI=1S/C12H14N2O2/c13-12(16)11(15)9-3-5-10(6-4-9)14-7-1-2-8-14/h3-6H,1-2,7-8H2,(H2,13,16). The van der Waals surface area contributed by atoms with Gasteiger partial charge in [0, 0.05) is 24.3 Å². The number of primary amides is 1. The zero-order valence-electron chi connectivity index (χ0n) is 8.98. The summed E-state index contributed by atoms with van der Waals surface area (Å²) in [6.07, 6.45) is 2.42. The first-order valence-electron chi connectivity index (χ1n) is 5.37. The number of carbonyl (C=O) groups is 2. The minimum absolute atomic E-state index is 0.357. The molecule has 0 atom stereocenters. The van der Waals surface area contributed by atoms with Crippen molar-refractivity contribution < 1.29 is 9.59 Å². The molecule has 1 aliphatic heterocycles. The minimum atomic E-state index is -0.908. The van der Waals surface area contributed by atoms with Crippen molar-refractivity contribution in [3.05, 3.63) is 29.8 Å². The van der Waals surface area contributed by atoms with E-state index in [-0.39, 0.29) is 0 Å². The predicted molar refractivity (Wildman–Crippen MR) is 61.4 cm³/mol. The molecule has 4 nitrogen and oxygen atoms in total. The Morgan fingerprint density at radius 2 is 1.62 bits per heavy atom. The number of hydrogen-bond acceptors (Lipinski definition) is 3. The van der Waals surface area contributed by atoms with Crippen LogP contribution in [0.4, 0.5) is 5.69 Å². The monoisotopic (exact) mass is 218 g/mol. The van der Waals surface area contributed by atoms with E-state index in [1.54, 1.807) is 12.1 Å². The lowest BCUT2D eigenvalue weighted by molar-refractivity contribution is -0.114. The highest BCUT2D eigenvalue weighted by atomic mass is 16.2. The van der Waals surface area contributed by atoms with Gasteiger partial charge in [0.05, 0.1) is 0 Å². The Bertz CT molecular complexity index is 406. The van der Waals surface area contributed by atoms with Crippen LogP contribution in [0.5, 0.6) is 0 Å². The molecule has 1 aromatic rings. The van der Waals surface area contributed by atoms with Crippen molar-refractivity contribution in [3.8, 4) is 0 Å². The summed E-state index contributed by atoms with van der Waals surface area (Å²) in [5, 5.41) is 0. The molecule has 0 unspecified atom stereocenters. The van der Waals surface area contributed by atoms with Gasteiger partial charge in [-0.25, -0.2) is 0 Å². The van der Waals surface area contributed by atoms with Crippen molar-refractivity contribution in [2.45, 2.75) is 12.8 Å². The Hall–Kier alpha value is -1.84. The highest BCUT2D eigenvalue weighted by molar-refractivity contribution is 6.42. The second-order valence-electron chi connectivity index (χ2n) is 3.93. The molecule has 1 saturated heterocycles. The molecule has 4 heteroatoms. The third-order valence-corrected chi connectivity index (χ3v) is 2.82. The van der Waals surface area contributed by atoms with Crippen LogP contribution in [0, 0.1) is 0 Å². The summed E-state index contributed by atoms with van der Waals surface area (Å²) in [5.74, 6) is -1.54. The molecule has 0 spiro atoms. The van der Waals surface area contributed by atoms with Gasteiger partial charge in [-0.05, 0) is 37.1 Å². The summed E-state index contributed by atoms with van der Waals surface area (Å²) in [6, 6.07) is 7.03. The second kappa shape index (κ2) is 4.35. The molecule has 2 rings (SSSR count). The van der Waals surface area contributed by atoms with E-state index in [9.17, 15) is 9.59 Å². The lowest BCUT2D eigenvalue weighted by Gasteiger charge is -2.17. The fraction of sp³-hybridized carbons (Fsp3) is 0.333. The van der Waals surface area contributed by atoms with Crippen molar-refractivity contribution in [2.24, 2.45) is 5.73 Å². The molecule has 84 valence electrons. The normalized spacial score (nSPS) is 15.1. The van der Waals surface area contributed by atoms with Crippen LogP contribution in [0.3, 0.4) is 0 Å². The number of ketones is 1. The molecule has 0 aliphatic carbocycles. The number of nitrogens with two attached hydrogens (primary N) is 1. The van der Waals surface area contributed by atoms with Crippen LogP contribution in [-0.2, 0) is 4.79 Å². The average molecular weight is 218 g/mol. The predicted octanol–water partition coefficient (Wildman–Crippen LogP) is 0.955. The van der Waals surface area contributed by atoms with Crippen molar-refractivity contribution in [1.29, 1.82) is 0 Å². The van der Waals surface area contributed by atoms with Crippen LogP contribution in [0.25, 0.3) is 0 Å². The fourth-order valence-corrected chi connectivity index (χ4v) is 1.94. The second-order valence-corrected chi connectivity index (χ2v) is 3.93. The number of benzene rings is 1. The van der Waals surface area contributed by atoms with Crippen molar-refractivity contribution >= 4 is 17.4 Å². The summed E-state index contributed by atoms with van der Waals surface area (Å²) in [5.41, 5.74) is 6.38. The maximum absolute atomic E-state index is 11.3. The first-order chi connectivity index (χ1) is 7.68. The Morgan fingerprint density at radius 3 is 2.12 bits per heavy atom. The van der Waals surface area contributed by atoms with Gasteiger partial charge in [-0.2, -0.15) is 0 Å². The van der Waals surface area contributed by atoms with E-state index in [0.29, 0.717) is 5.56 Å². The number of carbonyl (C=O) groups excluding carboxylic acids is 2. The molecule has 1 aromatic carbocycles. The van der Waals surface area contributed by atoms with Crippen LogP contribution >= 0.6 is 0 Å². The first-order valence-corrected chi connectivity index (χ1v) is 5.37. The molecule has 1 amide bonds. The van der Waals surface area contributed by atoms with Gasteiger partial charge in [0.1, 0.15) is 0 Å². The van der Waals surface area contributed by atoms with Gasteiger partial charge in [-0.15, -0.1) is 0 Å². The molecular formula is C12H14N2O2. The van der Waals surface area contributed by atoms with E-state index in [1.807, 2.05) is 12.1 Å². The molecule has 0 aromatic heterocycles. The van der Waals surface area contributed by atoms with Crippen LogP contribution in [0.2, 0.25) is 0 Å². The minimum Gasteiger partial charge on any atom is -0.372 e. The fourth-order valence-electron chi connectivity index (χ4n) is 1.94. The number of Topliss-reactive ketones (excluding diaryl/α,β-unsaturated/α-hetero) is 1. The van der Waals surface area contributed by atoms with Gasteiger partial charge in [0.2, 0.25) is 5.78 Å². The number of nitrogens with zero attached hydrogens (tertiary/aromatic N) is 1. The van der Waals surface area contributed by atoms with E-state index < -0.39 is 11.7 Å². The van der Waals surface area contributed by atoms with Crippen LogP contribution in [0.15, 0.2) is 24.3 Å². The van der Waals surface area contributed by atoms with Crippen molar-refractivity contribution in [3.63, 3.8) is 0 Å². The first kappa shape index (κ1) is 10.7. The smallest absolute Gasteiger partial charge is 0.289 e. The summed E-state index contributed by atoms with van der Waals surface area (Å²) < 4.78 is 0. The molecule has 2 N–H and O–H groups in total. The van der Waals surface area contributed by atoms with Gasteiger partial charge in [-0.3, -0.25) is 9.59 Å². The number of rotatable bonds is 3. The highest BCUT2D eigenvalue weighted by Gasteiger charge is 2.14. The Labute approximate surface area is 94.0 Å². The molecule has 0 bridgehead atoms. The van der Waals surface area contributed by atoms with Crippen LogP contribution in [-0.4, -0.2) is 24.8 Å². The van der Waals surface area contributed by atoms with Crippen LogP contribution in [0.1, 0.15) is 23.2 Å². The third kappa shape index (κ3) is 2.05. The van der Waals surface area contributed by atoms with Crippen LogP contribution < -0.4 is 10.6 Å². The van der Waals surface area contributed by atoms with Gasteiger partial charge < -0.3 is 10.6 Å². The van der Waals surface area contributed by atoms with E-state index in [2.05, 4.69) is 4.90 Å². The van der Waals surface area contributed by atoms with Gasteiger partial charge in [0.25, 0.3) is 5.91 Å². The summed E-state index contributed by atoms with van der Waals surface area (Å²) in [6.45, 7) is 2.12. The zero-order valence-corrected chi connectivity index (χ0v) is 8.98. The molecular weight excluding hydrogens is 204 g/mol. The maximum Gasteiger partial charge on any atom is 0.289 e. The van der Waals surface area contributed by atoms with Crippen molar-refractivity contribution in [2.75, 3.05) is 18.0 Å². The third-order valence-electron chi connectivity index (χ3n) is 2.82. The Balaban J connectivity index is 2.15. The molecule has 0 radical (unpaired) electrons. The quantitative estimate of drug-likeness (QED) is 0.607. The lowest BCUT2D eigenvalue weighted by Crippen LogP contribution is -2.23. The summed E-state index contributed by atoms with van der Waals surface area (Å²) in [4.78, 5) is 24.3. The maximum atomic E-state index is 11.3. The molecule has 1 fully saturated rings. The SMILES string of the molecule is NC(=O)C(=O)c1ccc(N2CCCC2)cc1. The number of anilines is 1. The summed E-state index contributed by atoms with van der Waals surface area (Å²) in [7, 11) is 0. The van der Waals surface area contributed by atoms with Crippen molar-refractivity contribution in [1.82, 2.24) is 0 Å². The number of amides is 1. The molecule has 1 heterocycles. The van der Waals surface area contributed by atoms with Gasteiger partial charge in [0.15, 0.2) is 0 Å². The summed E-state index contributed by atoms with van der Waals surface area (Å²) >= 11 is 0. The topological polar surface area (TPSA) is 63.4 Å². The van der Waals surface area contributed by atoms with Gasteiger partial charge in [-0.1, -0.05) is 0 Å². The molecule has 16 heavy (non-hydrogen) atoms. The molecule has 0 saturated carbocycles. The zero-order chi connectivity index (χ0) is 11.5. The lowest BCUT2D eigenvalue weighted by atomic mass is 10.1. The Morgan fingerprint density at radius 1 is 1.06 bits per heavy atom. The largest absolute Gasteiger partial charge is 0.372 e. The average Bonchev–Trinajstić information content (AvgIpc) is 2.81. The van der Waals surface area contributed by atoms with E-state index in [1.165, 1.54) is 12.8 Å². The van der Waals surface area contributed by atoms with E-state index >= 15 is 0 Å². The van der Waals surface area contributed by atoms with E-state index in [4.69, 9.17) is 5.73 Å².